The van der Waals surface area contributed by atoms with E-state index in [1.807, 2.05) is 6.07 Å². The van der Waals surface area contributed by atoms with Crippen LogP contribution in [0, 0.1) is 5.92 Å². The van der Waals surface area contributed by atoms with Gasteiger partial charge in [0, 0.05) is 17.8 Å². The summed E-state index contributed by atoms with van der Waals surface area (Å²) in [5, 5.41) is 3.48. The summed E-state index contributed by atoms with van der Waals surface area (Å²) in [5.41, 5.74) is 7.04. The molecule has 0 aliphatic heterocycles. The third-order valence-electron chi connectivity index (χ3n) is 2.73. The van der Waals surface area contributed by atoms with Gasteiger partial charge in [-0.1, -0.05) is 26.8 Å². The highest BCUT2D eigenvalue weighted by Gasteiger charge is 2.13. The Bertz CT molecular complexity index is 310. The van der Waals surface area contributed by atoms with Crippen LogP contribution in [-0.4, -0.2) is 11.5 Å². The average Bonchev–Trinajstić information content (AvgIpc) is 2.25. The summed E-state index contributed by atoms with van der Waals surface area (Å²) in [7, 11) is 0. The fourth-order valence-electron chi connectivity index (χ4n) is 1.84. The number of pyridine rings is 1. The van der Waals surface area contributed by atoms with Gasteiger partial charge in [0.05, 0.1) is 0 Å². The summed E-state index contributed by atoms with van der Waals surface area (Å²) in [6, 6.07) is 4.35. The Labute approximate surface area is 98.5 Å². The van der Waals surface area contributed by atoms with Crippen LogP contribution < -0.4 is 11.1 Å². The first-order chi connectivity index (χ1) is 7.65. The summed E-state index contributed by atoms with van der Waals surface area (Å²) in [4.78, 5) is 4.15. The summed E-state index contributed by atoms with van der Waals surface area (Å²) < 4.78 is 0. The first-order valence-electron chi connectivity index (χ1n) is 6.09. The van der Waals surface area contributed by atoms with Crippen LogP contribution in [0.1, 0.15) is 45.2 Å². The number of anilines is 1. The van der Waals surface area contributed by atoms with Crippen molar-refractivity contribution in [1.82, 2.24) is 10.3 Å². The lowest BCUT2D eigenvalue weighted by Gasteiger charge is -2.20. The van der Waals surface area contributed by atoms with Gasteiger partial charge in [-0.2, -0.15) is 0 Å². The highest BCUT2D eigenvalue weighted by atomic mass is 14.9. The largest absolute Gasteiger partial charge is 0.383 e. The zero-order chi connectivity index (χ0) is 12.0. The van der Waals surface area contributed by atoms with Crippen molar-refractivity contribution < 1.29 is 0 Å². The van der Waals surface area contributed by atoms with Crippen LogP contribution in [-0.2, 0) is 0 Å². The Hall–Kier alpha value is -1.09. The van der Waals surface area contributed by atoms with Crippen molar-refractivity contribution in [3.63, 3.8) is 0 Å². The summed E-state index contributed by atoms with van der Waals surface area (Å²) >= 11 is 0. The maximum Gasteiger partial charge on any atom is 0.128 e. The van der Waals surface area contributed by atoms with E-state index in [4.69, 9.17) is 5.73 Å². The molecule has 3 heteroatoms. The van der Waals surface area contributed by atoms with Crippen LogP contribution in [0.5, 0.6) is 0 Å². The Morgan fingerprint density at radius 2 is 2.12 bits per heavy atom. The molecule has 1 heterocycles. The van der Waals surface area contributed by atoms with Gasteiger partial charge in [0.2, 0.25) is 0 Å². The molecule has 1 atom stereocenters. The molecular formula is C13H23N3. The van der Waals surface area contributed by atoms with Crippen molar-refractivity contribution >= 4 is 5.82 Å². The Kier molecular flexibility index (Phi) is 5.26. The number of hydrogen-bond donors (Lipinski definition) is 2. The molecule has 1 aromatic rings. The van der Waals surface area contributed by atoms with Crippen molar-refractivity contribution in [2.75, 3.05) is 12.3 Å². The standard InChI is InChI=1S/C13H23N3/c1-4-15-12(8-7-10(2)3)11-6-5-9-16-13(11)14/h5-6,9-10,12,15H,4,7-8H2,1-3H3,(H2,14,16). The van der Waals surface area contributed by atoms with Crippen molar-refractivity contribution in [1.29, 1.82) is 0 Å². The lowest BCUT2D eigenvalue weighted by atomic mass is 9.98. The molecule has 0 radical (unpaired) electrons. The van der Waals surface area contributed by atoms with Gasteiger partial charge in [-0.05, 0) is 31.4 Å². The Morgan fingerprint density at radius 3 is 2.69 bits per heavy atom. The van der Waals surface area contributed by atoms with Crippen molar-refractivity contribution in [3.05, 3.63) is 23.9 Å². The maximum absolute atomic E-state index is 5.91. The highest BCUT2D eigenvalue weighted by Crippen LogP contribution is 2.24. The van der Waals surface area contributed by atoms with Gasteiger partial charge in [-0.15, -0.1) is 0 Å². The SMILES string of the molecule is CCNC(CCC(C)C)c1cccnc1N. The molecule has 0 aromatic carbocycles. The zero-order valence-electron chi connectivity index (χ0n) is 10.5. The number of nitrogens with two attached hydrogens (primary N) is 1. The van der Waals surface area contributed by atoms with Gasteiger partial charge in [0.25, 0.3) is 0 Å². The van der Waals surface area contributed by atoms with Gasteiger partial charge in [0.1, 0.15) is 5.82 Å². The quantitative estimate of drug-likeness (QED) is 0.776. The molecule has 0 saturated heterocycles. The van der Waals surface area contributed by atoms with Crippen LogP contribution in [0.4, 0.5) is 5.82 Å². The average molecular weight is 221 g/mol. The topological polar surface area (TPSA) is 50.9 Å². The van der Waals surface area contributed by atoms with E-state index in [0.29, 0.717) is 11.9 Å². The fourth-order valence-corrected chi connectivity index (χ4v) is 1.84. The molecule has 1 unspecified atom stereocenters. The predicted octanol–water partition coefficient (Wildman–Crippen LogP) is 2.75. The molecule has 0 bridgehead atoms. The molecule has 3 nitrogen and oxygen atoms in total. The predicted molar refractivity (Wildman–Crippen MR) is 69.1 cm³/mol. The Morgan fingerprint density at radius 1 is 1.38 bits per heavy atom. The minimum atomic E-state index is 0.334. The molecular weight excluding hydrogens is 198 g/mol. The number of rotatable bonds is 6. The molecule has 0 aliphatic rings. The lowest BCUT2D eigenvalue weighted by Crippen LogP contribution is -2.22. The minimum absolute atomic E-state index is 0.334. The third-order valence-corrected chi connectivity index (χ3v) is 2.73. The van der Waals surface area contributed by atoms with E-state index in [1.165, 1.54) is 6.42 Å². The monoisotopic (exact) mass is 221 g/mol. The van der Waals surface area contributed by atoms with Crippen molar-refractivity contribution in [3.8, 4) is 0 Å². The first kappa shape index (κ1) is 13.0. The smallest absolute Gasteiger partial charge is 0.128 e. The lowest BCUT2D eigenvalue weighted by molar-refractivity contribution is 0.449. The molecule has 0 aliphatic carbocycles. The zero-order valence-corrected chi connectivity index (χ0v) is 10.5. The normalized spacial score (nSPS) is 13.0. The van der Waals surface area contributed by atoms with Gasteiger partial charge >= 0.3 is 0 Å². The van der Waals surface area contributed by atoms with Crippen molar-refractivity contribution in [2.24, 2.45) is 5.92 Å². The highest BCUT2D eigenvalue weighted by molar-refractivity contribution is 5.40. The number of aromatic nitrogens is 1. The molecule has 90 valence electrons. The van der Waals surface area contributed by atoms with Gasteiger partial charge in [-0.25, -0.2) is 4.98 Å². The first-order valence-corrected chi connectivity index (χ1v) is 6.09. The van der Waals surface area contributed by atoms with E-state index in [0.717, 1.165) is 24.4 Å². The van der Waals surface area contributed by atoms with Gasteiger partial charge in [-0.3, -0.25) is 0 Å². The van der Waals surface area contributed by atoms with Crippen LogP contribution in [0.3, 0.4) is 0 Å². The van der Waals surface area contributed by atoms with Crippen LogP contribution >= 0.6 is 0 Å². The molecule has 1 rings (SSSR count). The second kappa shape index (κ2) is 6.48. The van der Waals surface area contributed by atoms with Gasteiger partial charge in [0.15, 0.2) is 0 Å². The number of hydrogen-bond acceptors (Lipinski definition) is 3. The van der Waals surface area contributed by atoms with Gasteiger partial charge < -0.3 is 11.1 Å². The molecule has 0 spiro atoms. The number of nitrogens with zero attached hydrogens (tertiary/aromatic N) is 1. The van der Waals surface area contributed by atoms with E-state index < -0.39 is 0 Å². The molecule has 0 fully saturated rings. The Balaban J connectivity index is 2.73. The molecule has 0 amide bonds. The minimum Gasteiger partial charge on any atom is -0.383 e. The third kappa shape index (κ3) is 3.81. The summed E-state index contributed by atoms with van der Waals surface area (Å²) in [6.07, 6.45) is 4.05. The molecule has 0 saturated carbocycles. The van der Waals surface area contributed by atoms with Crippen LogP contribution in [0.2, 0.25) is 0 Å². The molecule has 3 N–H and O–H groups in total. The molecule has 1 aromatic heterocycles. The summed E-state index contributed by atoms with van der Waals surface area (Å²) in [5.74, 6) is 1.37. The fraction of sp³-hybridized carbons (Fsp3) is 0.615. The van der Waals surface area contributed by atoms with E-state index in [1.54, 1.807) is 6.20 Å². The van der Waals surface area contributed by atoms with E-state index in [-0.39, 0.29) is 0 Å². The number of nitrogen functional groups attached to an aromatic ring is 1. The maximum atomic E-state index is 5.91. The number of nitrogens with one attached hydrogen (secondary N) is 1. The van der Waals surface area contributed by atoms with E-state index in [9.17, 15) is 0 Å². The van der Waals surface area contributed by atoms with Crippen molar-refractivity contribution in [2.45, 2.75) is 39.7 Å². The van der Waals surface area contributed by atoms with Crippen LogP contribution in [0.15, 0.2) is 18.3 Å². The van der Waals surface area contributed by atoms with E-state index in [2.05, 4.69) is 37.1 Å². The van der Waals surface area contributed by atoms with Crippen LogP contribution in [0.25, 0.3) is 0 Å². The second-order valence-electron chi connectivity index (χ2n) is 4.56. The van der Waals surface area contributed by atoms with E-state index >= 15 is 0 Å². The second-order valence-corrected chi connectivity index (χ2v) is 4.56. The molecule has 16 heavy (non-hydrogen) atoms. The summed E-state index contributed by atoms with van der Waals surface area (Å²) in [6.45, 7) is 7.57.